The fraction of sp³-hybridized carbons (Fsp3) is 0.529. The van der Waals surface area contributed by atoms with Crippen LogP contribution in [0.5, 0.6) is 5.75 Å². The maximum absolute atomic E-state index is 11.8. The lowest BCUT2D eigenvalue weighted by molar-refractivity contribution is -0.123. The number of thiocarbonyl (C=S) groups is 1. The third kappa shape index (κ3) is 5.94. The van der Waals surface area contributed by atoms with E-state index in [2.05, 4.69) is 45.9 Å². The molecule has 1 fully saturated rings. The fourth-order valence-electron chi connectivity index (χ4n) is 2.83. The molecular weight excluding hydrogens is 390 g/mol. The molecule has 0 heterocycles. The smallest absolute Gasteiger partial charge is 0.276 e. The second kappa shape index (κ2) is 9.22. The average molecular weight is 414 g/mol. The molecule has 0 bridgehead atoms. The van der Waals surface area contributed by atoms with Crippen LogP contribution in [0.15, 0.2) is 28.7 Å². The zero-order valence-electron chi connectivity index (χ0n) is 14.0. The first kappa shape index (κ1) is 19.0. The lowest BCUT2D eigenvalue weighted by Crippen LogP contribution is -2.53. The standard InChI is InChI=1S/C17H24BrN3O2S/c1-11-4-3-5-15(12(11)2)19-17(24)21-20-16(22)10-23-14-8-6-13(18)7-9-14/h6-9,11-12,15H,3-5,10H2,1-2H3,(H,20,22)(H2,19,21,24)/t11-,12-,15-/m1/s1. The van der Waals surface area contributed by atoms with Gasteiger partial charge in [-0.05, 0) is 54.7 Å². The number of hydrazine groups is 1. The minimum atomic E-state index is -0.285. The molecular formula is C17H24BrN3O2S. The molecule has 0 aliphatic heterocycles. The summed E-state index contributed by atoms with van der Waals surface area (Å²) in [4.78, 5) is 11.8. The van der Waals surface area contributed by atoms with E-state index in [1.165, 1.54) is 12.8 Å². The van der Waals surface area contributed by atoms with Crippen LogP contribution in [0.1, 0.15) is 33.1 Å². The van der Waals surface area contributed by atoms with E-state index in [9.17, 15) is 4.79 Å². The topological polar surface area (TPSA) is 62.4 Å². The highest BCUT2D eigenvalue weighted by molar-refractivity contribution is 9.10. The normalized spacial score (nSPS) is 23.2. The Balaban J connectivity index is 1.67. The van der Waals surface area contributed by atoms with E-state index < -0.39 is 0 Å². The number of benzene rings is 1. The van der Waals surface area contributed by atoms with Gasteiger partial charge in [0.2, 0.25) is 0 Å². The van der Waals surface area contributed by atoms with Gasteiger partial charge in [0.1, 0.15) is 5.75 Å². The van der Waals surface area contributed by atoms with E-state index in [1.807, 2.05) is 12.1 Å². The molecule has 0 spiro atoms. The molecule has 0 unspecified atom stereocenters. The zero-order chi connectivity index (χ0) is 17.5. The van der Waals surface area contributed by atoms with Gasteiger partial charge in [-0.2, -0.15) is 0 Å². The van der Waals surface area contributed by atoms with Crippen molar-refractivity contribution < 1.29 is 9.53 Å². The summed E-state index contributed by atoms with van der Waals surface area (Å²) >= 11 is 8.60. The first-order valence-electron chi connectivity index (χ1n) is 8.19. The van der Waals surface area contributed by atoms with Crippen LogP contribution in [0.2, 0.25) is 0 Å². The predicted octanol–water partition coefficient (Wildman–Crippen LogP) is 3.15. The van der Waals surface area contributed by atoms with E-state index in [0.29, 0.717) is 28.7 Å². The van der Waals surface area contributed by atoms with Crippen molar-refractivity contribution in [3.63, 3.8) is 0 Å². The number of ether oxygens (including phenoxy) is 1. The molecule has 1 aliphatic carbocycles. The molecule has 0 radical (unpaired) electrons. The zero-order valence-corrected chi connectivity index (χ0v) is 16.4. The summed E-state index contributed by atoms with van der Waals surface area (Å²) in [5.74, 6) is 1.61. The van der Waals surface area contributed by atoms with Crippen LogP contribution in [0.25, 0.3) is 0 Å². The number of nitrogens with one attached hydrogen (secondary N) is 3. The Bertz CT molecular complexity index is 567. The van der Waals surface area contributed by atoms with Crippen LogP contribution < -0.4 is 20.9 Å². The van der Waals surface area contributed by atoms with Gasteiger partial charge in [0.05, 0.1) is 0 Å². The summed E-state index contributed by atoms with van der Waals surface area (Å²) in [5, 5.41) is 3.74. The minimum absolute atomic E-state index is 0.0753. The molecule has 5 nitrogen and oxygen atoms in total. The Hall–Kier alpha value is -1.34. The molecule has 1 aromatic rings. The first-order valence-corrected chi connectivity index (χ1v) is 9.39. The molecule has 1 amide bonds. The van der Waals surface area contributed by atoms with Gasteiger partial charge >= 0.3 is 0 Å². The van der Waals surface area contributed by atoms with Crippen LogP contribution >= 0.6 is 28.1 Å². The molecule has 0 aromatic heterocycles. The lowest BCUT2D eigenvalue weighted by atomic mass is 9.78. The van der Waals surface area contributed by atoms with Crippen molar-refractivity contribution in [3.05, 3.63) is 28.7 Å². The molecule has 1 saturated carbocycles. The van der Waals surface area contributed by atoms with Crippen molar-refractivity contribution in [3.8, 4) is 5.75 Å². The maximum Gasteiger partial charge on any atom is 0.276 e. The monoisotopic (exact) mass is 413 g/mol. The summed E-state index contributed by atoms with van der Waals surface area (Å²) in [6.07, 6.45) is 3.58. The number of carbonyl (C=O) groups is 1. The number of hydrogen-bond donors (Lipinski definition) is 3. The van der Waals surface area contributed by atoms with Crippen LogP contribution in [0.3, 0.4) is 0 Å². The third-order valence-electron chi connectivity index (χ3n) is 4.52. The van der Waals surface area contributed by atoms with Crippen molar-refractivity contribution in [2.45, 2.75) is 39.2 Å². The molecule has 24 heavy (non-hydrogen) atoms. The maximum atomic E-state index is 11.8. The average Bonchev–Trinajstić information content (AvgIpc) is 2.56. The van der Waals surface area contributed by atoms with Gasteiger partial charge in [-0.1, -0.05) is 42.6 Å². The van der Waals surface area contributed by atoms with Crippen molar-refractivity contribution in [1.29, 1.82) is 0 Å². The van der Waals surface area contributed by atoms with Gasteiger partial charge in [-0.15, -0.1) is 0 Å². The second-order valence-corrected chi connectivity index (χ2v) is 7.59. The van der Waals surface area contributed by atoms with Crippen LogP contribution in [-0.4, -0.2) is 23.7 Å². The van der Waals surface area contributed by atoms with Gasteiger partial charge in [0.15, 0.2) is 11.7 Å². The molecule has 1 aromatic carbocycles. The van der Waals surface area contributed by atoms with Gasteiger partial charge < -0.3 is 10.1 Å². The van der Waals surface area contributed by atoms with Crippen LogP contribution in [0.4, 0.5) is 0 Å². The summed E-state index contributed by atoms with van der Waals surface area (Å²) in [6, 6.07) is 7.66. The number of halogens is 1. The summed E-state index contributed by atoms with van der Waals surface area (Å²) in [5.41, 5.74) is 5.30. The number of rotatable bonds is 4. The third-order valence-corrected chi connectivity index (χ3v) is 5.27. The Labute approximate surface area is 157 Å². The molecule has 0 saturated heterocycles. The number of carbonyl (C=O) groups excluding carboxylic acids is 1. The van der Waals surface area contributed by atoms with Crippen molar-refractivity contribution in [1.82, 2.24) is 16.2 Å². The fourth-order valence-corrected chi connectivity index (χ4v) is 3.30. The SMILES string of the molecule is C[C@@H]1[C@H](C)CCC[C@H]1NC(=S)NNC(=O)COc1ccc(Br)cc1. The Morgan fingerprint density at radius 1 is 1.25 bits per heavy atom. The van der Waals surface area contributed by atoms with Crippen molar-refractivity contribution >= 4 is 39.2 Å². The van der Waals surface area contributed by atoms with E-state index in [-0.39, 0.29) is 12.5 Å². The summed E-state index contributed by atoms with van der Waals surface area (Å²) in [6.45, 7) is 4.44. The van der Waals surface area contributed by atoms with E-state index in [0.717, 1.165) is 10.9 Å². The van der Waals surface area contributed by atoms with E-state index in [4.69, 9.17) is 17.0 Å². The van der Waals surface area contributed by atoms with Crippen molar-refractivity contribution in [2.24, 2.45) is 11.8 Å². The Kier molecular flexibility index (Phi) is 7.30. The second-order valence-electron chi connectivity index (χ2n) is 6.26. The van der Waals surface area contributed by atoms with Gasteiger partial charge in [0, 0.05) is 10.5 Å². The molecule has 3 atom stereocenters. The number of hydrogen-bond acceptors (Lipinski definition) is 3. The Morgan fingerprint density at radius 3 is 2.67 bits per heavy atom. The highest BCUT2D eigenvalue weighted by Crippen LogP contribution is 2.29. The number of amides is 1. The highest BCUT2D eigenvalue weighted by atomic mass is 79.9. The van der Waals surface area contributed by atoms with Gasteiger partial charge in [-0.3, -0.25) is 15.6 Å². The summed E-state index contributed by atoms with van der Waals surface area (Å²) in [7, 11) is 0. The molecule has 132 valence electrons. The largest absolute Gasteiger partial charge is 0.484 e. The van der Waals surface area contributed by atoms with Gasteiger partial charge in [0.25, 0.3) is 5.91 Å². The molecule has 1 aliphatic rings. The summed E-state index contributed by atoms with van der Waals surface area (Å²) < 4.78 is 6.36. The quantitative estimate of drug-likeness (QED) is 0.522. The minimum Gasteiger partial charge on any atom is -0.484 e. The first-order chi connectivity index (χ1) is 11.5. The van der Waals surface area contributed by atoms with Crippen LogP contribution in [-0.2, 0) is 4.79 Å². The molecule has 2 rings (SSSR count). The predicted molar refractivity (Wildman–Crippen MR) is 103 cm³/mol. The van der Waals surface area contributed by atoms with Crippen molar-refractivity contribution in [2.75, 3.05) is 6.61 Å². The molecule has 3 N–H and O–H groups in total. The lowest BCUT2D eigenvalue weighted by Gasteiger charge is -2.35. The van der Waals surface area contributed by atoms with E-state index in [1.54, 1.807) is 12.1 Å². The van der Waals surface area contributed by atoms with Crippen LogP contribution in [0, 0.1) is 11.8 Å². The van der Waals surface area contributed by atoms with E-state index >= 15 is 0 Å². The highest BCUT2D eigenvalue weighted by Gasteiger charge is 2.27. The molecule has 7 heteroatoms. The Morgan fingerprint density at radius 2 is 1.96 bits per heavy atom. The van der Waals surface area contributed by atoms with Gasteiger partial charge in [-0.25, -0.2) is 0 Å².